The van der Waals surface area contributed by atoms with E-state index in [4.69, 9.17) is 33.2 Å². The first-order valence-electron chi connectivity index (χ1n) is 10.6. The van der Waals surface area contributed by atoms with Gasteiger partial charge in [-0.1, -0.05) is 0 Å². The summed E-state index contributed by atoms with van der Waals surface area (Å²) in [5, 5.41) is 40.1. The first-order chi connectivity index (χ1) is 16.3. The highest BCUT2D eigenvalue weighted by atomic mass is 16.8. The van der Waals surface area contributed by atoms with Crippen molar-refractivity contribution in [2.24, 2.45) is 0 Å². The van der Waals surface area contributed by atoms with Gasteiger partial charge in [-0.05, 0) is 0 Å². The predicted molar refractivity (Wildman–Crippen MR) is 107 cm³/mol. The van der Waals surface area contributed by atoms with Crippen molar-refractivity contribution in [2.45, 2.75) is 89.1 Å². The highest BCUT2D eigenvalue weighted by molar-refractivity contribution is 5.68. The Hall–Kier alpha value is -2.40. The smallest absolute Gasteiger partial charge is 0.303 e. The number of hydrogen-bond donors (Lipinski definition) is 4. The van der Waals surface area contributed by atoms with Crippen molar-refractivity contribution in [3.05, 3.63) is 0 Å². The fourth-order valence-electron chi connectivity index (χ4n) is 3.67. The fraction of sp³-hybridized carbons (Fsp3) is 0.800. The first kappa shape index (κ1) is 28.8. The third kappa shape index (κ3) is 7.54. The molecule has 0 amide bonds. The van der Waals surface area contributed by atoms with Gasteiger partial charge >= 0.3 is 23.9 Å². The normalized spacial score (nSPS) is 37.1. The molecule has 35 heavy (non-hydrogen) atoms. The second-order valence-corrected chi connectivity index (χ2v) is 7.90. The Balaban J connectivity index is 2.43. The van der Waals surface area contributed by atoms with Crippen molar-refractivity contribution in [1.29, 1.82) is 0 Å². The summed E-state index contributed by atoms with van der Waals surface area (Å²) >= 11 is 0. The standard InChI is InChI=1S/C20H30O15/c1-7(22)29-6-12-15(30-8(2)23)17(31-9(3)24)18(32-10(4)25)20(34-12)35-16-14(27)13(26)11(5-21)33-19(16)28/h11-21,26-28H,5-6H2,1-4H3/t11?,12?,13-,14-,15+,16-,17?,18+,19+,20-/m0/s1. The van der Waals surface area contributed by atoms with Gasteiger partial charge in [-0.15, -0.1) is 0 Å². The van der Waals surface area contributed by atoms with Gasteiger partial charge in [-0.2, -0.15) is 0 Å². The maximum atomic E-state index is 11.8. The average molecular weight is 510 g/mol. The van der Waals surface area contributed by atoms with Gasteiger partial charge in [0.2, 0.25) is 0 Å². The van der Waals surface area contributed by atoms with Crippen LogP contribution in [0.3, 0.4) is 0 Å². The Morgan fingerprint density at radius 3 is 1.74 bits per heavy atom. The molecule has 10 atom stereocenters. The summed E-state index contributed by atoms with van der Waals surface area (Å²) in [7, 11) is 0. The summed E-state index contributed by atoms with van der Waals surface area (Å²) in [5.41, 5.74) is 0. The SMILES string of the molecule is CC(=O)OCC1O[C@@H](O[C@H]2[C@@H](O)[C@@H](O)C(CO)O[C@H]2O)[C@H](OC(C)=O)C(OC(C)=O)[C@@H]1OC(C)=O. The van der Waals surface area contributed by atoms with Crippen LogP contribution in [0.4, 0.5) is 0 Å². The van der Waals surface area contributed by atoms with Crippen LogP contribution >= 0.6 is 0 Å². The second-order valence-electron chi connectivity index (χ2n) is 7.90. The largest absolute Gasteiger partial charge is 0.463 e. The number of ether oxygens (including phenoxy) is 7. The molecule has 2 heterocycles. The molecule has 0 bridgehead atoms. The van der Waals surface area contributed by atoms with Gasteiger partial charge in [0.25, 0.3) is 0 Å². The van der Waals surface area contributed by atoms with Gasteiger partial charge in [0.1, 0.15) is 37.1 Å². The Morgan fingerprint density at radius 2 is 1.23 bits per heavy atom. The van der Waals surface area contributed by atoms with Gasteiger partial charge in [0.15, 0.2) is 30.9 Å². The van der Waals surface area contributed by atoms with Crippen LogP contribution in [-0.4, -0.2) is 119 Å². The molecular weight excluding hydrogens is 480 g/mol. The van der Waals surface area contributed by atoms with Crippen LogP contribution in [0.15, 0.2) is 0 Å². The molecule has 0 radical (unpaired) electrons. The van der Waals surface area contributed by atoms with Crippen LogP contribution < -0.4 is 0 Å². The van der Waals surface area contributed by atoms with E-state index in [0.717, 1.165) is 27.7 Å². The van der Waals surface area contributed by atoms with Crippen LogP contribution in [0.2, 0.25) is 0 Å². The lowest BCUT2D eigenvalue weighted by Gasteiger charge is -2.47. The topological polar surface area (TPSA) is 214 Å². The van der Waals surface area contributed by atoms with E-state index in [-0.39, 0.29) is 0 Å². The maximum absolute atomic E-state index is 11.8. The lowest BCUT2D eigenvalue weighted by molar-refractivity contribution is -0.362. The maximum Gasteiger partial charge on any atom is 0.303 e. The molecule has 0 saturated carbocycles. The lowest BCUT2D eigenvalue weighted by atomic mass is 9.96. The van der Waals surface area contributed by atoms with E-state index in [0.29, 0.717) is 0 Å². The summed E-state index contributed by atoms with van der Waals surface area (Å²) in [6.45, 7) is 2.99. The van der Waals surface area contributed by atoms with Crippen LogP contribution in [0.25, 0.3) is 0 Å². The van der Waals surface area contributed by atoms with Gasteiger partial charge in [0.05, 0.1) is 6.61 Å². The van der Waals surface area contributed by atoms with E-state index in [1.807, 2.05) is 0 Å². The monoisotopic (exact) mass is 510 g/mol. The van der Waals surface area contributed by atoms with Crippen LogP contribution in [0, 0.1) is 0 Å². The van der Waals surface area contributed by atoms with Crippen molar-refractivity contribution in [3.63, 3.8) is 0 Å². The van der Waals surface area contributed by atoms with Crippen molar-refractivity contribution < 1.29 is 72.8 Å². The highest BCUT2D eigenvalue weighted by Gasteiger charge is 2.55. The van der Waals surface area contributed by atoms with Gasteiger partial charge < -0.3 is 53.6 Å². The number of esters is 4. The molecule has 2 rings (SSSR count). The second kappa shape index (κ2) is 12.5. The minimum absolute atomic E-state index is 0.515. The van der Waals surface area contributed by atoms with E-state index in [2.05, 4.69) is 0 Å². The zero-order valence-electron chi connectivity index (χ0n) is 19.5. The molecule has 2 aliphatic heterocycles. The summed E-state index contributed by atoms with van der Waals surface area (Å²) < 4.78 is 37.0. The van der Waals surface area contributed by atoms with E-state index in [9.17, 15) is 39.6 Å². The van der Waals surface area contributed by atoms with Crippen molar-refractivity contribution in [3.8, 4) is 0 Å². The van der Waals surface area contributed by atoms with Gasteiger partial charge in [-0.25, -0.2) is 0 Å². The molecule has 0 aromatic heterocycles. The molecule has 2 fully saturated rings. The predicted octanol–water partition coefficient (Wildman–Crippen LogP) is -3.11. The molecule has 0 aromatic rings. The molecule has 0 spiro atoms. The Bertz CT molecular complexity index is 772. The van der Waals surface area contributed by atoms with Gasteiger partial charge in [0, 0.05) is 27.7 Å². The average Bonchev–Trinajstić information content (AvgIpc) is 2.75. The number of hydrogen-bond acceptors (Lipinski definition) is 15. The quantitative estimate of drug-likeness (QED) is 0.188. The number of aliphatic hydroxyl groups is 4. The number of carbonyl (C=O) groups is 4. The Labute approximate surface area is 199 Å². The third-order valence-corrected chi connectivity index (χ3v) is 5.08. The summed E-state index contributed by atoms with van der Waals surface area (Å²) in [5.74, 6) is -3.29. The molecule has 15 heteroatoms. The zero-order valence-corrected chi connectivity index (χ0v) is 19.5. The zero-order chi connectivity index (χ0) is 26.4. The summed E-state index contributed by atoms with van der Waals surface area (Å²) in [6, 6.07) is 0. The fourth-order valence-corrected chi connectivity index (χ4v) is 3.67. The molecule has 2 aliphatic rings. The molecular formula is C20H30O15. The Morgan fingerprint density at radius 1 is 0.686 bits per heavy atom. The summed E-state index contributed by atoms with van der Waals surface area (Å²) in [4.78, 5) is 46.8. The minimum Gasteiger partial charge on any atom is -0.463 e. The number of rotatable bonds is 8. The highest BCUT2D eigenvalue weighted by Crippen LogP contribution is 2.33. The first-order valence-corrected chi connectivity index (χ1v) is 10.6. The molecule has 15 nitrogen and oxygen atoms in total. The molecule has 0 aromatic carbocycles. The molecule has 2 saturated heterocycles. The molecule has 200 valence electrons. The molecule has 3 unspecified atom stereocenters. The minimum atomic E-state index is -1.88. The van der Waals surface area contributed by atoms with Crippen molar-refractivity contribution >= 4 is 23.9 Å². The number of aliphatic hydroxyl groups excluding tert-OH is 4. The molecule has 0 aliphatic carbocycles. The van der Waals surface area contributed by atoms with E-state index in [1.54, 1.807) is 0 Å². The van der Waals surface area contributed by atoms with Crippen LogP contribution in [0.1, 0.15) is 27.7 Å². The van der Waals surface area contributed by atoms with Crippen LogP contribution in [-0.2, 0) is 52.3 Å². The lowest BCUT2D eigenvalue weighted by Crippen LogP contribution is -2.66. The third-order valence-electron chi connectivity index (χ3n) is 5.08. The van der Waals surface area contributed by atoms with Crippen LogP contribution in [0.5, 0.6) is 0 Å². The van der Waals surface area contributed by atoms with E-state index in [1.165, 1.54) is 0 Å². The Kier molecular flexibility index (Phi) is 10.3. The molecule has 4 N–H and O–H groups in total. The van der Waals surface area contributed by atoms with Crippen molar-refractivity contribution in [1.82, 2.24) is 0 Å². The van der Waals surface area contributed by atoms with Crippen molar-refractivity contribution in [2.75, 3.05) is 13.2 Å². The van der Waals surface area contributed by atoms with E-state index >= 15 is 0 Å². The van der Waals surface area contributed by atoms with Gasteiger partial charge in [-0.3, -0.25) is 19.2 Å². The summed E-state index contributed by atoms with van der Waals surface area (Å²) in [6.07, 6.45) is -16.0. The number of carbonyl (C=O) groups excluding carboxylic acids is 4. The van der Waals surface area contributed by atoms with E-state index < -0.39 is 98.5 Å².